The summed E-state index contributed by atoms with van der Waals surface area (Å²) in [6.45, 7) is 5.62. The molecule has 0 aliphatic heterocycles. The van der Waals surface area contributed by atoms with Crippen molar-refractivity contribution in [1.29, 1.82) is 0 Å². The van der Waals surface area contributed by atoms with Gasteiger partial charge in [-0.3, -0.25) is 9.13 Å². The van der Waals surface area contributed by atoms with Gasteiger partial charge in [0.1, 0.15) is 0 Å². The fourth-order valence-electron chi connectivity index (χ4n) is 0.663. The molecule has 21 heteroatoms. The van der Waals surface area contributed by atoms with Crippen LogP contribution in [0.25, 0.3) is 0 Å². The molecule has 0 saturated carbocycles. The molecule has 0 aromatic rings. The Labute approximate surface area is 215 Å². The molecule has 144 valence electrons. The molecular weight excluding hydrogens is 1020 g/mol. The van der Waals surface area contributed by atoms with E-state index < -0.39 is 41.6 Å². The Morgan fingerprint density at radius 3 is 0.963 bits per heavy atom. The largest absolute Gasteiger partial charge is 2.00 e. The SMILES string of the molecule is C=COP(=O)([O-])C(O)P(=O)([O-])[O-].C=COP(=O)([O-])C(O)P(=O)([O-])[O-].[Hg+2].[Hg+2].[Hg+2]. The average molecular weight is 1030 g/mol. The third-order valence-electron chi connectivity index (χ3n) is 1.57. The van der Waals surface area contributed by atoms with Gasteiger partial charge in [-0.2, -0.15) is 0 Å². The molecule has 0 spiro atoms. The third-order valence-corrected chi connectivity index (χ3v) is 8.12. The van der Waals surface area contributed by atoms with E-state index in [1.165, 1.54) is 0 Å². The Hall–Kier alpha value is 2.49. The molecule has 4 atom stereocenters. The second-order valence-corrected chi connectivity index (χ2v) is 10.9. The van der Waals surface area contributed by atoms with Gasteiger partial charge in [0.15, 0.2) is 11.2 Å². The molecule has 0 aliphatic carbocycles. The van der Waals surface area contributed by atoms with E-state index in [0.717, 1.165) is 0 Å². The van der Waals surface area contributed by atoms with Gasteiger partial charge in [-0.15, -0.1) is 0 Å². The molecule has 27 heavy (non-hydrogen) atoms. The number of aliphatic hydroxyl groups excluding tert-OH is 2. The van der Waals surface area contributed by atoms with E-state index >= 15 is 0 Å². The summed E-state index contributed by atoms with van der Waals surface area (Å²) in [7, 11) is -21.4. The summed E-state index contributed by atoms with van der Waals surface area (Å²) in [6.07, 6.45) is 0.791. The van der Waals surface area contributed by atoms with E-state index in [0.29, 0.717) is 12.5 Å². The van der Waals surface area contributed by atoms with Crippen molar-refractivity contribution >= 4 is 30.4 Å². The summed E-state index contributed by atoms with van der Waals surface area (Å²) in [5, 5.41) is 16.8. The van der Waals surface area contributed by atoms with Gasteiger partial charge in [0.05, 0.1) is 12.5 Å². The van der Waals surface area contributed by atoms with Crippen molar-refractivity contribution in [3.8, 4) is 0 Å². The fourth-order valence-corrected chi connectivity index (χ4v) is 4.39. The second kappa shape index (κ2) is 16.2. The predicted octanol–water partition coefficient (Wildman–Crippen LogP) is -4.23. The quantitative estimate of drug-likeness (QED) is 0.133. The van der Waals surface area contributed by atoms with Crippen molar-refractivity contribution in [2.24, 2.45) is 0 Å². The van der Waals surface area contributed by atoms with Crippen molar-refractivity contribution in [1.82, 2.24) is 0 Å². The van der Waals surface area contributed by atoms with Gasteiger partial charge in [0.2, 0.25) is 15.2 Å². The van der Waals surface area contributed by atoms with Crippen LogP contribution in [-0.4, -0.2) is 21.4 Å². The van der Waals surface area contributed by atoms with Crippen LogP contribution in [0.1, 0.15) is 0 Å². The molecule has 0 amide bonds. The summed E-state index contributed by atoms with van der Waals surface area (Å²) < 4.78 is 48.3. The number of rotatable bonds is 8. The van der Waals surface area contributed by atoms with Gasteiger partial charge in [-0.25, -0.2) is 0 Å². The zero-order valence-corrected chi connectivity index (χ0v) is 33.5. The third kappa shape index (κ3) is 16.8. The van der Waals surface area contributed by atoms with Crippen molar-refractivity contribution in [2.45, 2.75) is 11.2 Å². The van der Waals surface area contributed by atoms with Gasteiger partial charge in [0.25, 0.3) is 0 Å². The van der Waals surface area contributed by atoms with Crippen LogP contribution in [0, 0.1) is 0 Å². The molecule has 0 heterocycles. The van der Waals surface area contributed by atoms with E-state index in [4.69, 9.17) is 10.2 Å². The maximum atomic E-state index is 10.5. The first-order valence-electron chi connectivity index (χ1n) is 5.03. The molecule has 14 nitrogen and oxygen atoms in total. The Morgan fingerprint density at radius 1 is 0.667 bits per heavy atom. The zero-order chi connectivity index (χ0) is 20.0. The van der Waals surface area contributed by atoms with Crippen LogP contribution < -0.4 is 29.4 Å². The van der Waals surface area contributed by atoms with Gasteiger partial charge in [0, 0.05) is 0 Å². The van der Waals surface area contributed by atoms with Crippen molar-refractivity contribution < 1.29 is 150 Å². The number of hydrogen-bond acceptors (Lipinski definition) is 14. The van der Waals surface area contributed by atoms with Gasteiger partial charge in [-0.1, -0.05) is 13.2 Å². The molecule has 0 saturated heterocycles. The molecular formula is C6H10Hg3O14P4. The van der Waals surface area contributed by atoms with E-state index in [2.05, 4.69) is 22.2 Å². The molecule has 4 unspecified atom stereocenters. The van der Waals surface area contributed by atoms with Crippen LogP contribution in [0.3, 0.4) is 0 Å². The molecule has 0 radical (unpaired) electrons. The minimum Gasteiger partial charge on any atom is -0.809 e. The molecule has 2 N–H and O–H groups in total. The summed E-state index contributed by atoms with van der Waals surface area (Å²) in [5.74, 6) is 0. The molecule has 0 bridgehead atoms. The normalized spacial score (nSPS) is 17.2. The van der Waals surface area contributed by atoms with E-state index in [1.807, 2.05) is 0 Å². The first-order valence-corrected chi connectivity index (χ1v) is 11.5. The maximum Gasteiger partial charge on any atom is 2.00 e. The molecule has 0 fully saturated rings. The molecule has 0 aromatic carbocycles. The Kier molecular flexibility index (Phi) is 23.9. The second-order valence-electron chi connectivity index (χ2n) is 3.40. The standard InChI is InChI=1S/2C3H8O7P2.3Hg/c2*1-2-10-12(8,9)3(4)11(5,6)7;;;/h2*2-4H,1H2,(H,8,9)(H2,5,6,7);;;/q;;3*+2/p-6. The van der Waals surface area contributed by atoms with Crippen LogP contribution in [-0.2, 0) is 110 Å². The minimum absolute atomic E-state index is 0. The Balaban J connectivity index is -0.000000108. The summed E-state index contributed by atoms with van der Waals surface area (Å²) >= 11 is 0. The summed E-state index contributed by atoms with van der Waals surface area (Å²) in [6, 6.07) is 0. The van der Waals surface area contributed by atoms with E-state index in [1.54, 1.807) is 0 Å². The molecule has 0 aromatic heterocycles. The fraction of sp³-hybridized carbons (Fsp3) is 0.333. The monoisotopic (exact) mass is 1040 g/mol. The molecule has 0 rings (SSSR count). The first kappa shape index (κ1) is 39.9. The van der Waals surface area contributed by atoms with Gasteiger partial charge in [-0.05, 0) is 15.2 Å². The van der Waals surface area contributed by atoms with Gasteiger partial charge >= 0.3 is 83.0 Å². The minimum atomic E-state index is -5.60. The van der Waals surface area contributed by atoms with Crippen LogP contribution >= 0.6 is 30.4 Å². The van der Waals surface area contributed by atoms with Crippen molar-refractivity contribution in [3.05, 3.63) is 25.7 Å². The van der Waals surface area contributed by atoms with Crippen molar-refractivity contribution in [3.63, 3.8) is 0 Å². The topological polar surface area (TPSA) is 266 Å². The summed E-state index contributed by atoms with van der Waals surface area (Å²) in [5.41, 5.74) is -6.13. The zero-order valence-electron chi connectivity index (χ0n) is 13.4. The average Bonchev–Trinajstić information content (AvgIpc) is 2.35. The number of hydrogen-bond donors (Lipinski definition) is 2. The van der Waals surface area contributed by atoms with E-state index in [9.17, 15) is 47.6 Å². The summed E-state index contributed by atoms with van der Waals surface area (Å²) in [4.78, 5) is 60.9. The maximum absolute atomic E-state index is 10.5. The number of aliphatic hydroxyl groups is 2. The Morgan fingerprint density at radius 2 is 0.852 bits per heavy atom. The predicted molar refractivity (Wildman–Crippen MR) is 65.0 cm³/mol. The van der Waals surface area contributed by atoms with Crippen molar-refractivity contribution in [2.75, 3.05) is 0 Å². The van der Waals surface area contributed by atoms with Crippen LogP contribution in [0.15, 0.2) is 25.7 Å². The Bertz CT molecular complexity index is 574. The van der Waals surface area contributed by atoms with Crippen LogP contribution in [0.5, 0.6) is 0 Å². The van der Waals surface area contributed by atoms with Gasteiger partial charge < -0.3 is 57.8 Å². The smallest absolute Gasteiger partial charge is 0.809 e. The van der Waals surface area contributed by atoms with Crippen LogP contribution in [0.4, 0.5) is 0 Å². The first-order chi connectivity index (χ1) is 10.4. The van der Waals surface area contributed by atoms with Crippen LogP contribution in [0.2, 0.25) is 0 Å². The van der Waals surface area contributed by atoms with E-state index in [-0.39, 0.29) is 83.0 Å². The molecule has 0 aliphatic rings.